The number of hydrogen-bond donors (Lipinski definition) is 1. The minimum Gasteiger partial charge on any atom is -0.481 e. The lowest BCUT2D eigenvalue weighted by Crippen LogP contribution is -2.58. The molecule has 0 aliphatic carbocycles. The number of carboxylic acids is 1. The van der Waals surface area contributed by atoms with Crippen LogP contribution in [-0.4, -0.2) is 40.0 Å². The molecule has 2 aliphatic rings. The van der Waals surface area contributed by atoms with Gasteiger partial charge in [0.2, 0.25) is 5.91 Å². The summed E-state index contributed by atoms with van der Waals surface area (Å²) >= 11 is 12.5. The highest BCUT2D eigenvalue weighted by molar-refractivity contribution is 6.30. The lowest BCUT2D eigenvalue weighted by molar-refractivity contribution is -0.166. The molecular weight excluding hydrogens is 489 g/mol. The first-order valence-electron chi connectivity index (χ1n) is 11.9. The minimum absolute atomic E-state index is 0.233. The molecular formula is C27H29Cl2NO5. The van der Waals surface area contributed by atoms with E-state index in [2.05, 4.69) is 0 Å². The van der Waals surface area contributed by atoms with Gasteiger partial charge in [-0.25, -0.2) is 0 Å². The quantitative estimate of drug-likeness (QED) is 0.454. The number of amides is 1. The molecule has 1 N–H and O–H groups in total. The van der Waals surface area contributed by atoms with Crippen LogP contribution in [0.15, 0.2) is 48.5 Å². The number of rotatable bonds is 7. The van der Waals surface area contributed by atoms with Gasteiger partial charge in [-0.1, -0.05) is 61.3 Å². The molecule has 1 amide bonds. The molecule has 2 fully saturated rings. The van der Waals surface area contributed by atoms with E-state index < -0.39 is 29.6 Å². The van der Waals surface area contributed by atoms with E-state index >= 15 is 0 Å². The van der Waals surface area contributed by atoms with Gasteiger partial charge in [-0.3, -0.25) is 14.4 Å². The second-order valence-corrected chi connectivity index (χ2v) is 10.6. The molecule has 2 aromatic carbocycles. The summed E-state index contributed by atoms with van der Waals surface area (Å²) < 4.78 is 5.64. The zero-order valence-electron chi connectivity index (χ0n) is 19.7. The van der Waals surface area contributed by atoms with Crippen LogP contribution in [0.4, 0.5) is 0 Å². The van der Waals surface area contributed by atoms with Gasteiger partial charge in [0.1, 0.15) is 6.10 Å². The molecule has 8 heteroatoms. The number of carbonyl (C=O) groups is 3. The Morgan fingerprint density at radius 1 is 1.14 bits per heavy atom. The Hall–Kier alpha value is -2.57. The zero-order valence-corrected chi connectivity index (χ0v) is 21.3. The number of hydrogen-bond acceptors (Lipinski definition) is 4. The molecule has 0 radical (unpaired) electrons. The van der Waals surface area contributed by atoms with Crippen LogP contribution in [0.2, 0.25) is 10.0 Å². The Balaban J connectivity index is 1.90. The Morgan fingerprint density at radius 3 is 2.43 bits per heavy atom. The number of piperidine rings is 1. The van der Waals surface area contributed by atoms with Crippen molar-refractivity contribution >= 4 is 41.0 Å². The number of ether oxygens (including phenoxy) is 1. The van der Waals surface area contributed by atoms with Crippen molar-refractivity contribution in [3.63, 3.8) is 0 Å². The van der Waals surface area contributed by atoms with Crippen molar-refractivity contribution in [1.82, 2.24) is 4.90 Å². The molecule has 4 rings (SSSR count). The lowest BCUT2D eigenvalue weighted by Gasteiger charge is -2.52. The van der Waals surface area contributed by atoms with Crippen molar-refractivity contribution in [3.8, 4) is 0 Å². The van der Waals surface area contributed by atoms with E-state index in [-0.39, 0.29) is 24.2 Å². The molecule has 2 aliphatic heterocycles. The van der Waals surface area contributed by atoms with Crippen molar-refractivity contribution in [2.24, 2.45) is 5.41 Å². The monoisotopic (exact) mass is 517 g/mol. The molecule has 1 unspecified atom stereocenters. The Morgan fingerprint density at radius 2 is 1.86 bits per heavy atom. The number of carbonyl (C=O) groups excluding carboxylic acids is 2. The SMILES string of the molecule is CC[C@@H](C1CCC(=O)O1)N1C(=O)[C@](C)(CC(=O)O)C[C@H](c2cccc(Cl)c2)[C@H]1c1ccc(Cl)cc1. The predicted molar refractivity (Wildman–Crippen MR) is 133 cm³/mol. The minimum atomic E-state index is -1.14. The Kier molecular flexibility index (Phi) is 7.43. The number of cyclic esters (lactones) is 1. The second kappa shape index (κ2) is 10.2. The highest BCUT2D eigenvalue weighted by Gasteiger charge is 2.54. The molecule has 186 valence electrons. The van der Waals surface area contributed by atoms with Crippen molar-refractivity contribution in [3.05, 3.63) is 69.7 Å². The Bertz CT molecular complexity index is 1120. The van der Waals surface area contributed by atoms with Crippen molar-refractivity contribution in [2.45, 2.75) is 70.1 Å². The lowest BCUT2D eigenvalue weighted by atomic mass is 9.66. The molecule has 6 nitrogen and oxygen atoms in total. The third-order valence-corrected chi connectivity index (χ3v) is 7.74. The van der Waals surface area contributed by atoms with Crippen LogP contribution in [0.25, 0.3) is 0 Å². The molecule has 0 bridgehead atoms. The van der Waals surface area contributed by atoms with Gasteiger partial charge in [0.15, 0.2) is 0 Å². The third kappa shape index (κ3) is 5.19. The second-order valence-electron chi connectivity index (χ2n) is 9.75. The highest BCUT2D eigenvalue weighted by Crippen LogP contribution is 2.52. The molecule has 2 heterocycles. The summed E-state index contributed by atoms with van der Waals surface area (Å²) in [4.78, 5) is 39.8. The van der Waals surface area contributed by atoms with E-state index in [1.807, 2.05) is 37.3 Å². The maximum Gasteiger partial charge on any atom is 0.306 e. The maximum atomic E-state index is 14.2. The fraction of sp³-hybridized carbons (Fsp3) is 0.444. The van der Waals surface area contributed by atoms with Gasteiger partial charge >= 0.3 is 11.9 Å². The van der Waals surface area contributed by atoms with E-state index in [1.165, 1.54) is 0 Å². The van der Waals surface area contributed by atoms with Crippen LogP contribution in [0.5, 0.6) is 0 Å². The van der Waals surface area contributed by atoms with Gasteiger partial charge in [-0.05, 0) is 54.7 Å². The van der Waals surface area contributed by atoms with Crippen molar-refractivity contribution in [2.75, 3.05) is 0 Å². The van der Waals surface area contributed by atoms with E-state index in [1.54, 1.807) is 30.0 Å². The van der Waals surface area contributed by atoms with Gasteiger partial charge in [0.05, 0.1) is 23.9 Å². The average Bonchev–Trinajstić information content (AvgIpc) is 3.23. The number of esters is 1. The van der Waals surface area contributed by atoms with E-state index in [4.69, 9.17) is 27.9 Å². The Labute approximate surface area is 215 Å². The number of carboxylic acid groups (broad SMARTS) is 1. The molecule has 0 saturated carbocycles. The molecule has 2 saturated heterocycles. The summed E-state index contributed by atoms with van der Waals surface area (Å²) in [6.07, 6.45) is 0.972. The number of halogens is 2. The average molecular weight is 518 g/mol. The molecule has 0 spiro atoms. The van der Waals surface area contributed by atoms with Gasteiger partial charge in [-0.15, -0.1) is 0 Å². The smallest absolute Gasteiger partial charge is 0.306 e. The first-order valence-corrected chi connectivity index (χ1v) is 12.6. The summed E-state index contributed by atoms with van der Waals surface area (Å²) in [6.45, 7) is 3.68. The van der Waals surface area contributed by atoms with Crippen molar-refractivity contribution < 1.29 is 24.2 Å². The van der Waals surface area contributed by atoms with Crippen LogP contribution in [0, 0.1) is 5.41 Å². The number of aliphatic carboxylic acids is 1. The van der Waals surface area contributed by atoms with Crippen LogP contribution in [0.3, 0.4) is 0 Å². The summed E-state index contributed by atoms with van der Waals surface area (Å²) in [6, 6.07) is 14.1. The van der Waals surface area contributed by atoms with Crippen LogP contribution in [0.1, 0.15) is 69.0 Å². The van der Waals surface area contributed by atoms with E-state index in [0.29, 0.717) is 35.7 Å². The summed E-state index contributed by atoms with van der Waals surface area (Å²) in [5.74, 6) is -1.78. The van der Waals surface area contributed by atoms with E-state index in [9.17, 15) is 19.5 Å². The van der Waals surface area contributed by atoms with Gasteiger partial charge in [0, 0.05) is 22.4 Å². The normalized spacial score (nSPS) is 27.5. The third-order valence-electron chi connectivity index (χ3n) is 7.25. The first-order chi connectivity index (χ1) is 16.6. The van der Waals surface area contributed by atoms with Crippen LogP contribution >= 0.6 is 23.2 Å². The van der Waals surface area contributed by atoms with Gasteiger partial charge < -0.3 is 14.7 Å². The molecule has 0 aromatic heterocycles. The van der Waals surface area contributed by atoms with Crippen LogP contribution in [-0.2, 0) is 19.1 Å². The van der Waals surface area contributed by atoms with E-state index in [0.717, 1.165) is 11.1 Å². The summed E-state index contributed by atoms with van der Waals surface area (Å²) in [7, 11) is 0. The van der Waals surface area contributed by atoms with Crippen LogP contribution < -0.4 is 0 Å². The standard InChI is InChI=1S/C27H29Cl2NO5/c1-3-21(22-11-12-24(33)35-22)30-25(16-7-9-18(28)10-8-16)20(17-5-4-6-19(29)13-17)14-27(2,26(30)34)15-23(31)32/h4-10,13,20-22,25H,3,11-12,14-15H2,1-2H3,(H,31,32)/t20-,21+,22?,25-,27+/m1/s1. The zero-order chi connectivity index (χ0) is 25.3. The number of benzene rings is 2. The number of nitrogens with zero attached hydrogens (tertiary/aromatic N) is 1. The largest absolute Gasteiger partial charge is 0.481 e. The highest BCUT2D eigenvalue weighted by atomic mass is 35.5. The fourth-order valence-electron chi connectivity index (χ4n) is 5.70. The maximum absolute atomic E-state index is 14.2. The number of likely N-dealkylation sites (tertiary alicyclic amines) is 1. The fourth-order valence-corrected chi connectivity index (χ4v) is 6.03. The summed E-state index contributed by atoms with van der Waals surface area (Å²) in [5.41, 5.74) is 0.662. The first kappa shape index (κ1) is 25.5. The van der Waals surface area contributed by atoms with Crippen molar-refractivity contribution in [1.29, 1.82) is 0 Å². The molecule has 2 aromatic rings. The predicted octanol–water partition coefficient (Wildman–Crippen LogP) is 6.02. The topological polar surface area (TPSA) is 83.9 Å². The van der Waals surface area contributed by atoms with Gasteiger partial charge in [0.25, 0.3) is 0 Å². The molecule has 5 atom stereocenters. The summed E-state index contributed by atoms with van der Waals surface area (Å²) in [5, 5.41) is 10.9. The van der Waals surface area contributed by atoms with Gasteiger partial charge in [-0.2, -0.15) is 0 Å². The molecule has 35 heavy (non-hydrogen) atoms.